The van der Waals surface area contributed by atoms with E-state index in [0.29, 0.717) is 11.6 Å². The van der Waals surface area contributed by atoms with Gasteiger partial charge in [0.05, 0.1) is 34.2 Å². The van der Waals surface area contributed by atoms with E-state index < -0.39 is 0 Å². The minimum atomic E-state index is 0.659. The highest BCUT2D eigenvalue weighted by molar-refractivity contribution is 5.89. The number of fused-ring (bicyclic) bond motifs is 2. The molecule has 0 unspecified atom stereocenters. The van der Waals surface area contributed by atoms with E-state index >= 15 is 0 Å². The minimum Gasteiger partial charge on any atom is -0.256 e. The number of pyridine rings is 2. The number of rotatable bonds is 9. The molecular formula is C62H40N6. The lowest BCUT2D eigenvalue weighted by molar-refractivity contribution is 1.18. The van der Waals surface area contributed by atoms with Crippen LogP contribution in [0.1, 0.15) is 0 Å². The Morgan fingerprint density at radius 3 is 0.853 bits per heavy atom. The van der Waals surface area contributed by atoms with E-state index in [1.807, 2.05) is 48.8 Å². The largest absolute Gasteiger partial charge is 0.256 e. The van der Waals surface area contributed by atoms with Crippen molar-refractivity contribution in [2.45, 2.75) is 0 Å². The minimum absolute atomic E-state index is 0.659. The van der Waals surface area contributed by atoms with Crippen molar-refractivity contribution in [1.82, 2.24) is 29.9 Å². The molecule has 68 heavy (non-hydrogen) atoms. The van der Waals surface area contributed by atoms with Gasteiger partial charge in [-0.25, -0.2) is 19.9 Å². The fourth-order valence-electron chi connectivity index (χ4n) is 8.76. The second kappa shape index (κ2) is 17.6. The molecule has 0 bridgehead atoms. The molecule has 0 saturated heterocycles. The van der Waals surface area contributed by atoms with E-state index in [0.717, 1.165) is 89.8 Å². The molecule has 4 aromatic heterocycles. The van der Waals surface area contributed by atoms with Crippen LogP contribution in [-0.4, -0.2) is 29.9 Å². The van der Waals surface area contributed by atoms with Gasteiger partial charge in [-0.2, -0.15) is 0 Å². The number of nitrogens with zero attached hydrogens (tertiary/aromatic N) is 6. The first-order valence-electron chi connectivity index (χ1n) is 22.7. The zero-order valence-electron chi connectivity index (χ0n) is 36.8. The first-order chi connectivity index (χ1) is 33.6. The van der Waals surface area contributed by atoms with Gasteiger partial charge in [0.2, 0.25) is 0 Å². The van der Waals surface area contributed by atoms with Crippen LogP contribution in [0.15, 0.2) is 243 Å². The predicted molar refractivity (Wildman–Crippen MR) is 277 cm³/mol. The molecule has 318 valence electrons. The summed E-state index contributed by atoms with van der Waals surface area (Å²) < 4.78 is 0. The van der Waals surface area contributed by atoms with E-state index in [9.17, 15) is 0 Å². The third-order valence-electron chi connectivity index (χ3n) is 12.4. The molecule has 0 aliphatic carbocycles. The van der Waals surface area contributed by atoms with Crippen molar-refractivity contribution in [3.63, 3.8) is 0 Å². The number of aromatic nitrogens is 6. The first-order valence-corrected chi connectivity index (χ1v) is 22.7. The van der Waals surface area contributed by atoms with Gasteiger partial charge in [-0.1, -0.05) is 182 Å². The smallest absolute Gasteiger partial charge is 0.160 e. The van der Waals surface area contributed by atoms with E-state index in [4.69, 9.17) is 19.9 Å². The maximum atomic E-state index is 5.17. The van der Waals surface area contributed by atoms with Gasteiger partial charge in [-0.3, -0.25) is 9.97 Å². The van der Waals surface area contributed by atoms with Gasteiger partial charge in [-0.05, 0) is 81.2 Å². The molecular weight excluding hydrogens is 829 g/mol. The fraction of sp³-hybridized carbons (Fsp3) is 0. The Bertz CT molecular complexity index is 3490. The summed E-state index contributed by atoms with van der Waals surface area (Å²) in [6.45, 7) is 0. The molecule has 0 aliphatic heterocycles. The fourth-order valence-corrected chi connectivity index (χ4v) is 8.76. The quantitative estimate of drug-likeness (QED) is 0.144. The molecule has 6 heteroatoms. The van der Waals surface area contributed by atoms with Gasteiger partial charge in [0, 0.05) is 56.9 Å². The van der Waals surface area contributed by atoms with Crippen LogP contribution in [0.5, 0.6) is 0 Å². The van der Waals surface area contributed by atoms with Crippen molar-refractivity contribution in [3.8, 4) is 101 Å². The number of hydrogen-bond donors (Lipinski definition) is 0. The third-order valence-corrected chi connectivity index (χ3v) is 12.4. The molecule has 0 fully saturated rings. The van der Waals surface area contributed by atoms with Crippen LogP contribution in [0, 0.1) is 0 Å². The Kier molecular flexibility index (Phi) is 10.4. The highest BCUT2D eigenvalue weighted by Gasteiger charge is 2.15. The summed E-state index contributed by atoms with van der Waals surface area (Å²) in [6.07, 6.45) is 3.64. The molecule has 0 saturated carbocycles. The SMILES string of the molecule is c1ccc(-c2ccc(-c3cc(-c4ccc5ccccc5c4)nc(-c4ccc(-c5ccc(-c6nc(-c7ccc(-c8ccccn8)cc7)cc(-c7ccc8ccccc8c7)n6)cc5)cc4)n3)cc2)nc1. The maximum absolute atomic E-state index is 5.17. The molecule has 4 heterocycles. The number of hydrogen-bond acceptors (Lipinski definition) is 6. The van der Waals surface area contributed by atoms with E-state index in [2.05, 4.69) is 204 Å². The van der Waals surface area contributed by atoms with E-state index in [-0.39, 0.29) is 0 Å². The summed E-state index contributed by atoms with van der Waals surface area (Å²) >= 11 is 0. The lowest BCUT2D eigenvalue weighted by Crippen LogP contribution is -1.96. The summed E-state index contributed by atoms with van der Waals surface area (Å²) in [6, 6.07) is 79.8. The highest BCUT2D eigenvalue weighted by atomic mass is 14.9. The summed E-state index contributed by atoms with van der Waals surface area (Å²) in [5.41, 5.74) is 15.5. The lowest BCUT2D eigenvalue weighted by Gasteiger charge is -2.12. The molecule has 0 amide bonds. The Morgan fingerprint density at radius 2 is 0.485 bits per heavy atom. The van der Waals surface area contributed by atoms with Crippen LogP contribution >= 0.6 is 0 Å². The average Bonchev–Trinajstić information content (AvgIpc) is 3.43. The van der Waals surface area contributed by atoms with Crippen molar-refractivity contribution < 1.29 is 0 Å². The molecule has 12 aromatic rings. The van der Waals surface area contributed by atoms with Crippen molar-refractivity contribution in [2.24, 2.45) is 0 Å². The molecule has 0 radical (unpaired) electrons. The highest BCUT2D eigenvalue weighted by Crippen LogP contribution is 2.34. The molecule has 0 atom stereocenters. The molecule has 0 N–H and O–H groups in total. The van der Waals surface area contributed by atoms with Crippen LogP contribution in [0.2, 0.25) is 0 Å². The van der Waals surface area contributed by atoms with Crippen molar-refractivity contribution in [3.05, 3.63) is 243 Å². The van der Waals surface area contributed by atoms with Gasteiger partial charge < -0.3 is 0 Å². The van der Waals surface area contributed by atoms with Crippen LogP contribution in [0.3, 0.4) is 0 Å². The molecule has 8 aromatic carbocycles. The lowest BCUT2D eigenvalue weighted by atomic mass is 10.0. The Morgan fingerprint density at radius 1 is 0.191 bits per heavy atom. The monoisotopic (exact) mass is 868 g/mol. The second-order valence-electron chi connectivity index (χ2n) is 16.8. The van der Waals surface area contributed by atoms with Crippen LogP contribution < -0.4 is 0 Å². The van der Waals surface area contributed by atoms with Crippen molar-refractivity contribution in [1.29, 1.82) is 0 Å². The van der Waals surface area contributed by atoms with Crippen LogP contribution in [0.4, 0.5) is 0 Å². The van der Waals surface area contributed by atoms with Gasteiger partial charge in [0.15, 0.2) is 11.6 Å². The molecule has 0 spiro atoms. The standard InChI is InChI=1S/C62H40N6/c1-3-11-51-37-53(33-19-41(51)9-1)59-39-57(47-25-21-45(22-26-47)55-13-5-7-35-63-55)65-61(67-59)49-29-15-43(16-30-49)44-17-31-50(32-18-44)62-66-58(48-27-23-46(24-28-48)56-14-6-8-36-64-56)40-60(68-62)54-34-20-42-10-2-4-12-52(42)38-54/h1-40H. The van der Waals surface area contributed by atoms with Gasteiger partial charge in [0.1, 0.15) is 0 Å². The predicted octanol–water partition coefficient (Wildman–Crippen LogP) is 15.4. The molecule has 12 rings (SSSR count). The van der Waals surface area contributed by atoms with Crippen molar-refractivity contribution in [2.75, 3.05) is 0 Å². The zero-order valence-corrected chi connectivity index (χ0v) is 36.8. The summed E-state index contributed by atoms with van der Waals surface area (Å²) in [4.78, 5) is 29.7. The summed E-state index contributed by atoms with van der Waals surface area (Å²) in [7, 11) is 0. The normalized spacial score (nSPS) is 11.2. The topological polar surface area (TPSA) is 77.3 Å². The molecule has 6 nitrogen and oxygen atoms in total. The van der Waals surface area contributed by atoms with Gasteiger partial charge in [0.25, 0.3) is 0 Å². The van der Waals surface area contributed by atoms with Gasteiger partial charge >= 0.3 is 0 Å². The summed E-state index contributed by atoms with van der Waals surface area (Å²) in [5, 5.41) is 4.71. The maximum Gasteiger partial charge on any atom is 0.160 e. The van der Waals surface area contributed by atoms with Crippen molar-refractivity contribution >= 4 is 21.5 Å². The van der Waals surface area contributed by atoms with Gasteiger partial charge in [-0.15, -0.1) is 0 Å². The molecule has 0 aliphatic rings. The Labute approximate surface area is 394 Å². The second-order valence-corrected chi connectivity index (χ2v) is 16.8. The van der Waals surface area contributed by atoms with Crippen LogP contribution in [-0.2, 0) is 0 Å². The Hall–Kier alpha value is -9.26. The average molecular weight is 869 g/mol. The van der Waals surface area contributed by atoms with E-state index in [1.54, 1.807) is 0 Å². The number of benzene rings is 8. The van der Waals surface area contributed by atoms with E-state index in [1.165, 1.54) is 21.5 Å². The Balaban J connectivity index is 0.871. The van der Waals surface area contributed by atoms with Crippen LogP contribution in [0.25, 0.3) is 123 Å². The summed E-state index contributed by atoms with van der Waals surface area (Å²) in [5.74, 6) is 1.32. The first kappa shape index (κ1) is 40.3. The zero-order chi connectivity index (χ0) is 45.2. The third kappa shape index (κ3) is 8.19.